The van der Waals surface area contributed by atoms with Crippen LogP contribution in [0, 0.1) is 5.92 Å². The summed E-state index contributed by atoms with van der Waals surface area (Å²) in [5.74, 6) is 0.595. The highest BCUT2D eigenvalue weighted by molar-refractivity contribution is 5.94. The lowest BCUT2D eigenvalue weighted by atomic mass is 10.0. The fraction of sp³-hybridized carbons (Fsp3) is 0.500. The largest absolute Gasteiger partial charge is 0.497 e. The summed E-state index contributed by atoms with van der Waals surface area (Å²) in [5.41, 5.74) is 6.29. The molecular weight excluding hydrogens is 282 g/mol. The summed E-state index contributed by atoms with van der Waals surface area (Å²) in [6, 6.07) is 6.38. The molecule has 122 valence electrons. The normalized spacial score (nSPS) is 11.9. The number of benzene rings is 1. The Morgan fingerprint density at radius 1 is 1.23 bits per heavy atom. The van der Waals surface area contributed by atoms with Crippen LogP contribution in [0.25, 0.3) is 0 Å². The van der Waals surface area contributed by atoms with E-state index in [9.17, 15) is 9.59 Å². The Hall–Kier alpha value is -2.08. The number of amides is 2. The van der Waals surface area contributed by atoms with E-state index < -0.39 is 6.04 Å². The molecule has 1 rings (SSSR count). The summed E-state index contributed by atoms with van der Waals surface area (Å²) >= 11 is 0. The Labute approximate surface area is 131 Å². The van der Waals surface area contributed by atoms with Gasteiger partial charge in [0.1, 0.15) is 5.75 Å². The summed E-state index contributed by atoms with van der Waals surface area (Å²) in [6.45, 7) is 4.72. The van der Waals surface area contributed by atoms with Crippen LogP contribution in [0.15, 0.2) is 24.3 Å². The molecule has 0 heterocycles. The lowest BCUT2D eigenvalue weighted by molar-refractivity contribution is -0.122. The molecule has 0 aliphatic carbocycles. The van der Waals surface area contributed by atoms with Gasteiger partial charge in [-0.05, 0) is 30.5 Å². The van der Waals surface area contributed by atoms with Crippen molar-refractivity contribution in [1.82, 2.24) is 10.6 Å². The molecule has 6 heteroatoms. The molecule has 0 aliphatic rings. The number of carbonyl (C=O) groups is 2. The number of hydrogen-bond donors (Lipinski definition) is 3. The van der Waals surface area contributed by atoms with Gasteiger partial charge in [-0.2, -0.15) is 0 Å². The van der Waals surface area contributed by atoms with E-state index in [2.05, 4.69) is 10.6 Å². The van der Waals surface area contributed by atoms with Crippen LogP contribution in [0.1, 0.15) is 30.6 Å². The first-order chi connectivity index (χ1) is 10.4. The van der Waals surface area contributed by atoms with E-state index in [0.29, 0.717) is 36.7 Å². The minimum absolute atomic E-state index is 0.190. The SMILES string of the molecule is COc1cccc(C(=O)NCCNC(=O)[C@@H](N)CC(C)C)c1. The van der Waals surface area contributed by atoms with Gasteiger partial charge in [0.05, 0.1) is 13.2 Å². The average molecular weight is 307 g/mol. The van der Waals surface area contributed by atoms with E-state index in [1.54, 1.807) is 31.4 Å². The number of carbonyl (C=O) groups excluding carboxylic acids is 2. The Kier molecular flexibility index (Phi) is 7.39. The minimum Gasteiger partial charge on any atom is -0.497 e. The monoisotopic (exact) mass is 307 g/mol. The first-order valence-corrected chi connectivity index (χ1v) is 7.39. The number of rotatable bonds is 8. The van der Waals surface area contributed by atoms with Crippen LogP contribution in [-0.4, -0.2) is 38.1 Å². The van der Waals surface area contributed by atoms with Crippen molar-refractivity contribution >= 4 is 11.8 Å². The van der Waals surface area contributed by atoms with Crippen molar-refractivity contribution in [3.05, 3.63) is 29.8 Å². The lowest BCUT2D eigenvalue weighted by Gasteiger charge is -2.14. The quantitative estimate of drug-likeness (QED) is 0.622. The number of ether oxygens (including phenoxy) is 1. The highest BCUT2D eigenvalue weighted by Gasteiger charge is 2.14. The molecule has 0 saturated carbocycles. The van der Waals surface area contributed by atoms with Gasteiger partial charge in [0, 0.05) is 18.7 Å². The maximum Gasteiger partial charge on any atom is 0.251 e. The van der Waals surface area contributed by atoms with Gasteiger partial charge in [-0.25, -0.2) is 0 Å². The van der Waals surface area contributed by atoms with Crippen LogP contribution in [0.4, 0.5) is 0 Å². The first kappa shape index (κ1) is 18.0. The topological polar surface area (TPSA) is 93.5 Å². The molecule has 0 unspecified atom stereocenters. The number of hydrogen-bond acceptors (Lipinski definition) is 4. The molecule has 2 amide bonds. The fourth-order valence-electron chi connectivity index (χ4n) is 1.97. The molecule has 0 saturated heterocycles. The van der Waals surface area contributed by atoms with E-state index in [-0.39, 0.29) is 11.8 Å². The molecule has 0 bridgehead atoms. The summed E-state index contributed by atoms with van der Waals surface area (Å²) in [6.07, 6.45) is 0.641. The van der Waals surface area contributed by atoms with E-state index in [4.69, 9.17) is 10.5 Å². The molecule has 6 nitrogen and oxygen atoms in total. The molecule has 0 aromatic heterocycles. The predicted octanol–water partition coefficient (Wildman–Crippen LogP) is 0.915. The second-order valence-electron chi connectivity index (χ2n) is 5.51. The molecule has 0 spiro atoms. The van der Waals surface area contributed by atoms with Gasteiger partial charge in [0.25, 0.3) is 5.91 Å². The van der Waals surface area contributed by atoms with Gasteiger partial charge in [0.15, 0.2) is 0 Å². The van der Waals surface area contributed by atoms with E-state index in [1.807, 2.05) is 13.8 Å². The second kappa shape index (κ2) is 9.04. The summed E-state index contributed by atoms with van der Waals surface area (Å²) in [4.78, 5) is 23.6. The smallest absolute Gasteiger partial charge is 0.251 e. The van der Waals surface area contributed by atoms with E-state index in [1.165, 1.54) is 0 Å². The minimum atomic E-state index is -0.505. The molecule has 22 heavy (non-hydrogen) atoms. The van der Waals surface area contributed by atoms with Crippen LogP contribution < -0.4 is 21.1 Å². The maximum absolute atomic E-state index is 11.9. The van der Waals surface area contributed by atoms with Crippen molar-refractivity contribution in [3.63, 3.8) is 0 Å². The Morgan fingerprint density at radius 3 is 2.55 bits per heavy atom. The third-order valence-corrected chi connectivity index (χ3v) is 3.10. The molecule has 0 radical (unpaired) electrons. The van der Waals surface area contributed by atoms with E-state index >= 15 is 0 Å². The first-order valence-electron chi connectivity index (χ1n) is 7.39. The fourth-order valence-corrected chi connectivity index (χ4v) is 1.97. The van der Waals surface area contributed by atoms with Crippen molar-refractivity contribution in [2.45, 2.75) is 26.3 Å². The average Bonchev–Trinajstić information content (AvgIpc) is 2.50. The van der Waals surface area contributed by atoms with Gasteiger partial charge in [0.2, 0.25) is 5.91 Å². The van der Waals surface area contributed by atoms with Crippen molar-refractivity contribution in [2.24, 2.45) is 11.7 Å². The molecule has 1 aromatic carbocycles. The Morgan fingerprint density at radius 2 is 1.91 bits per heavy atom. The van der Waals surface area contributed by atoms with E-state index in [0.717, 1.165) is 0 Å². The maximum atomic E-state index is 11.9. The van der Waals surface area contributed by atoms with Gasteiger partial charge in [-0.1, -0.05) is 19.9 Å². The number of methoxy groups -OCH3 is 1. The molecule has 0 fully saturated rings. The van der Waals surface area contributed by atoms with Gasteiger partial charge < -0.3 is 21.1 Å². The van der Waals surface area contributed by atoms with Crippen molar-refractivity contribution in [2.75, 3.05) is 20.2 Å². The molecule has 4 N–H and O–H groups in total. The third-order valence-electron chi connectivity index (χ3n) is 3.10. The summed E-state index contributed by atoms with van der Waals surface area (Å²) < 4.78 is 5.07. The molecular formula is C16H25N3O3. The zero-order valence-corrected chi connectivity index (χ0v) is 13.4. The van der Waals surface area contributed by atoms with Gasteiger partial charge in [-0.3, -0.25) is 9.59 Å². The number of nitrogens with one attached hydrogen (secondary N) is 2. The summed E-state index contributed by atoms with van der Waals surface area (Å²) in [7, 11) is 1.55. The molecule has 1 aromatic rings. The van der Waals surface area contributed by atoms with Crippen LogP contribution in [0.2, 0.25) is 0 Å². The number of nitrogens with two attached hydrogens (primary N) is 1. The molecule has 0 aliphatic heterocycles. The second-order valence-corrected chi connectivity index (χ2v) is 5.51. The Balaban J connectivity index is 2.32. The van der Waals surface area contributed by atoms with Crippen molar-refractivity contribution in [1.29, 1.82) is 0 Å². The van der Waals surface area contributed by atoms with Crippen LogP contribution in [0.3, 0.4) is 0 Å². The summed E-state index contributed by atoms with van der Waals surface area (Å²) in [5, 5.41) is 5.45. The zero-order valence-electron chi connectivity index (χ0n) is 13.4. The Bertz CT molecular complexity index is 503. The van der Waals surface area contributed by atoms with Crippen molar-refractivity contribution < 1.29 is 14.3 Å². The highest BCUT2D eigenvalue weighted by atomic mass is 16.5. The predicted molar refractivity (Wildman–Crippen MR) is 85.8 cm³/mol. The van der Waals surface area contributed by atoms with Crippen LogP contribution in [0.5, 0.6) is 5.75 Å². The lowest BCUT2D eigenvalue weighted by Crippen LogP contribution is -2.44. The van der Waals surface area contributed by atoms with Crippen LogP contribution >= 0.6 is 0 Å². The highest BCUT2D eigenvalue weighted by Crippen LogP contribution is 2.12. The van der Waals surface area contributed by atoms with Gasteiger partial charge >= 0.3 is 0 Å². The third kappa shape index (κ3) is 6.13. The van der Waals surface area contributed by atoms with Crippen molar-refractivity contribution in [3.8, 4) is 5.75 Å². The standard InChI is InChI=1S/C16H25N3O3/c1-11(2)9-14(17)16(21)19-8-7-18-15(20)12-5-4-6-13(10-12)22-3/h4-6,10-11,14H,7-9,17H2,1-3H3,(H,18,20)(H,19,21)/t14-/m0/s1. The van der Waals surface area contributed by atoms with Crippen LogP contribution in [-0.2, 0) is 4.79 Å². The zero-order chi connectivity index (χ0) is 16.5. The van der Waals surface area contributed by atoms with Gasteiger partial charge in [-0.15, -0.1) is 0 Å². The molecule has 1 atom stereocenters.